The van der Waals surface area contributed by atoms with Gasteiger partial charge in [-0.2, -0.15) is 0 Å². The van der Waals surface area contributed by atoms with Crippen LogP contribution in [0.4, 0.5) is 4.39 Å². The molecule has 0 radical (unpaired) electrons. The minimum absolute atomic E-state index is 0.127. The Labute approximate surface area is 253 Å². The van der Waals surface area contributed by atoms with Gasteiger partial charge in [-0.1, -0.05) is 60.3 Å². The zero-order valence-electron chi connectivity index (χ0n) is 22.6. The molecule has 5 rings (SSSR count). The van der Waals surface area contributed by atoms with Gasteiger partial charge in [-0.15, -0.1) is 0 Å². The van der Waals surface area contributed by atoms with Crippen LogP contribution in [0.1, 0.15) is 64.8 Å². The molecule has 222 valence electrons. The molecule has 0 saturated heterocycles. The van der Waals surface area contributed by atoms with E-state index in [4.69, 9.17) is 28.0 Å². The van der Waals surface area contributed by atoms with E-state index in [2.05, 4.69) is 15.2 Å². The lowest BCUT2D eigenvalue weighted by molar-refractivity contribution is -0.138. The zero-order valence-corrected chi connectivity index (χ0v) is 24.9. The van der Waals surface area contributed by atoms with Gasteiger partial charge in [0.2, 0.25) is 10.0 Å². The van der Waals surface area contributed by atoms with E-state index in [0.29, 0.717) is 40.2 Å². The van der Waals surface area contributed by atoms with Gasteiger partial charge in [0.1, 0.15) is 12.4 Å². The molecule has 1 aliphatic carbocycles. The van der Waals surface area contributed by atoms with Crippen molar-refractivity contribution in [2.24, 2.45) is 0 Å². The lowest BCUT2D eigenvalue weighted by Crippen LogP contribution is -2.59. The van der Waals surface area contributed by atoms with E-state index >= 15 is 0 Å². The lowest BCUT2D eigenvalue weighted by Gasteiger charge is -2.49. The number of pyridine rings is 1. The van der Waals surface area contributed by atoms with E-state index in [1.807, 2.05) is 0 Å². The number of carbonyl (C=O) groups is 2. The van der Waals surface area contributed by atoms with Crippen molar-refractivity contribution >= 4 is 45.0 Å². The number of rotatable bonds is 8. The second kappa shape index (κ2) is 12.6. The first-order chi connectivity index (χ1) is 20.0. The number of hydrogen-bond donors (Lipinski definition) is 2. The molecule has 2 aliphatic rings. The Morgan fingerprint density at radius 2 is 1.86 bits per heavy atom. The summed E-state index contributed by atoms with van der Waals surface area (Å²) >= 11 is 12.9. The predicted octanol–water partition coefficient (Wildman–Crippen LogP) is 4.92. The number of halogens is 3. The molecule has 2 aromatic carbocycles. The summed E-state index contributed by atoms with van der Waals surface area (Å²) < 4.78 is 40.6. The summed E-state index contributed by atoms with van der Waals surface area (Å²) in [5.74, 6) is -2.38. The Kier molecular flexibility index (Phi) is 9.14. The molecule has 2 amide bonds. The first-order valence-corrected chi connectivity index (χ1v) is 16.0. The normalized spacial score (nSPS) is 22.5. The standard InChI is InChI=1S/C29H29Cl2FN4O5S/c1-42(39,40)35-24-8-4-5-9-25(24)36-27(22-13-10-17(30)14-23(22)31)26(20-6-2-3-7-21(20)29(36)38)28(37)34-41-16-19-12-11-18(32)15-33-19/h2-3,6-7,10-15,24-27,35H,4-5,8-9,16H2,1H3,(H,34,37)/t24-,25?,26+,27-/m0/s1. The molecular formula is C29H29Cl2FN4O5S. The van der Waals surface area contributed by atoms with E-state index in [0.717, 1.165) is 25.3 Å². The summed E-state index contributed by atoms with van der Waals surface area (Å²) in [4.78, 5) is 39.3. The van der Waals surface area contributed by atoms with Crippen molar-refractivity contribution in [1.29, 1.82) is 0 Å². The van der Waals surface area contributed by atoms with E-state index in [1.54, 1.807) is 47.4 Å². The fraction of sp³-hybridized carbons (Fsp3) is 0.345. The van der Waals surface area contributed by atoms with Gasteiger partial charge in [0, 0.05) is 27.7 Å². The van der Waals surface area contributed by atoms with Crippen molar-refractivity contribution in [3.63, 3.8) is 0 Å². The Morgan fingerprint density at radius 1 is 1.10 bits per heavy atom. The van der Waals surface area contributed by atoms with E-state index in [-0.39, 0.29) is 17.5 Å². The molecule has 2 N–H and O–H groups in total. The third-order valence-corrected chi connectivity index (χ3v) is 8.87. The predicted molar refractivity (Wildman–Crippen MR) is 156 cm³/mol. The van der Waals surface area contributed by atoms with Crippen molar-refractivity contribution < 1.29 is 27.2 Å². The molecule has 1 fully saturated rings. The number of carbonyl (C=O) groups excluding carboxylic acids is 2. The van der Waals surface area contributed by atoms with Gasteiger partial charge in [-0.05, 0) is 54.3 Å². The van der Waals surface area contributed by atoms with Crippen molar-refractivity contribution in [2.45, 2.75) is 56.3 Å². The van der Waals surface area contributed by atoms with E-state index < -0.39 is 45.8 Å². The number of amides is 2. The van der Waals surface area contributed by atoms with Crippen molar-refractivity contribution in [3.05, 3.63) is 99.0 Å². The monoisotopic (exact) mass is 634 g/mol. The highest BCUT2D eigenvalue weighted by Gasteiger charge is 2.49. The quantitative estimate of drug-likeness (QED) is 0.340. The van der Waals surface area contributed by atoms with Crippen LogP contribution >= 0.6 is 23.2 Å². The molecule has 1 aromatic heterocycles. The number of sulfonamides is 1. The molecule has 0 bridgehead atoms. The second-order valence-electron chi connectivity index (χ2n) is 10.5. The third kappa shape index (κ3) is 6.60. The molecule has 42 heavy (non-hydrogen) atoms. The van der Waals surface area contributed by atoms with Crippen LogP contribution in [0.15, 0.2) is 60.8 Å². The smallest absolute Gasteiger partial charge is 0.255 e. The van der Waals surface area contributed by atoms with Gasteiger partial charge < -0.3 is 4.90 Å². The summed E-state index contributed by atoms with van der Waals surface area (Å²) in [5.41, 5.74) is 4.15. The largest absolute Gasteiger partial charge is 0.326 e. The van der Waals surface area contributed by atoms with Crippen molar-refractivity contribution in [3.8, 4) is 0 Å². The molecule has 4 atom stereocenters. The Hall–Kier alpha value is -3.09. The third-order valence-electron chi connectivity index (χ3n) is 7.57. The maximum Gasteiger partial charge on any atom is 0.255 e. The summed E-state index contributed by atoms with van der Waals surface area (Å²) in [6, 6.07) is 12.3. The molecule has 1 saturated carbocycles. The minimum atomic E-state index is -3.60. The summed E-state index contributed by atoms with van der Waals surface area (Å²) in [5, 5.41) is 0.630. The van der Waals surface area contributed by atoms with Crippen LogP contribution < -0.4 is 10.2 Å². The summed E-state index contributed by atoms with van der Waals surface area (Å²) in [6.07, 6.45) is 4.72. The SMILES string of the molecule is CS(=O)(=O)N[C@H]1CCCCC1N1C(=O)c2ccccc2[C@@H](C(=O)NOCc2ccc(F)cn2)[C@@H]1c1ccc(Cl)cc1Cl. The molecule has 1 aliphatic heterocycles. The summed E-state index contributed by atoms with van der Waals surface area (Å²) in [6.45, 7) is -0.127. The number of fused-ring (bicyclic) bond motifs is 1. The summed E-state index contributed by atoms with van der Waals surface area (Å²) in [7, 11) is -3.60. The van der Waals surface area contributed by atoms with Crippen LogP contribution in [-0.2, 0) is 26.3 Å². The van der Waals surface area contributed by atoms with Gasteiger partial charge >= 0.3 is 0 Å². The number of nitrogens with zero attached hydrogens (tertiary/aromatic N) is 2. The van der Waals surface area contributed by atoms with Gasteiger partial charge in [0.05, 0.1) is 30.1 Å². The van der Waals surface area contributed by atoms with Gasteiger partial charge in [-0.25, -0.2) is 23.0 Å². The topological polar surface area (TPSA) is 118 Å². The first-order valence-electron chi connectivity index (χ1n) is 13.4. The Balaban J connectivity index is 1.58. The van der Waals surface area contributed by atoms with Crippen LogP contribution in [0, 0.1) is 5.82 Å². The molecule has 2 heterocycles. The minimum Gasteiger partial charge on any atom is -0.326 e. The molecular weight excluding hydrogens is 606 g/mol. The number of hydrogen-bond acceptors (Lipinski definition) is 6. The highest BCUT2D eigenvalue weighted by Crippen LogP contribution is 2.47. The van der Waals surface area contributed by atoms with Crippen LogP contribution in [-0.4, -0.2) is 48.5 Å². The number of aromatic nitrogens is 1. The van der Waals surface area contributed by atoms with Gasteiger partial charge in [0.15, 0.2) is 0 Å². The van der Waals surface area contributed by atoms with Crippen LogP contribution in [0.3, 0.4) is 0 Å². The van der Waals surface area contributed by atoms with Crippen LogP contribution in [0.5, 0.6) is 0 Å². The Morgan fingerprint density at radius 3 is 2.57 bits per heavy atom. The van der Waals surface area contributed by atoms with E-state index in [1.165, 1.54) is 12.1 Å². The molecule has 1 unspecified atom stereocenters. The lowest BCUT2D eigenvalue weighted by atomic mass is 9.76. The maximum absolute atomic E-state index is 14.3. The van der Waals surface area contributed by atoms with Crippen LogP contribution in [0.25, 0.3) is 0 Å². The molecule has 0 spiro atoms. The van der Waals surface area contributed by atoms with E-state index in [9.17, 15) is 22.4 Å². The highest BCUT2D eigenvalue weighted by atomic mass is 35.5. The Bertz CT molecular complexity index is 1590. The highest BCUT2D eigenvalue weighted by molar-refractivity contribution is 7.88. The van der Waals surface area contributed by atoms with Gasteiger partial charge in [0.25, 0.3) is 11.8 Å². The number of benzene rings is 2. The fourth-order valence-corrected chi connectivity index (χ4v) is 7.21. The molecule has 13 heteroatoms. The number of hydroxylamine groups is 1. The van der Waals surface area contributed by atoms with Crippen molar-refractivity contribution in [2.75, 3.05) is 6.26 Å². The maximum atomic E-state index is 14.3. The zero-order chi connectivity index (χ0) is 30.0. The van der Waals surface area contributed by atoms with Gasteiger partial charge in [-0.3, -0.25) is 19.4 Å². The molecule has 9 nitrogen and oxygen atoms in total. The van der Waals surface area contributed by atoms with Crippen molar-refractivity contribution in [1.82, 2.24) is 20.1 Å². The van der Waals surface area contributed by atoms with Crippen LogP contribution in [0.2, 0.25) is 10.0 Å². The molecule has 3 aromatic rings. The number of nitrogens with one attached hydrogen (secondary N) is 2. The average Bonchev–Trinajstić information content (AvgIpc) is 2.94. The second-order valence-corrected chi connectivity index (χ2v) is 13.1. The average molecular weight is 636 g/mol. The first kappa shape index (κ1) is 30.4. The fourth-order valence-electron chi connectivity index (χ4n) is 5.86.